The van der Waals surface area contributed by atoms with Crippen LogP contribution < -0.4 is 44.5 Å². The summed E-state index contributed by atoms with van der Waals surface area (Å²) in [4.78, 5) is 37.4. The van der Waals surface area contributed by atoms with Gasteiger partial charge in [-0.3, -0.25) is 4.79 Å². The topological polar surface area (TPSA) is 164 Å². The van der Waals surface area contributed by atoms with Gasteiger partial charge in [-0.25, -0.2) is 15.0 Å². The number of hydrazone groups is 1. The molecule has 0 aromatic heterocycles. The molecule has 3 aromatic rings. The molecule has 2 heterocycles. The molecule has 3 aromatic carbocycles. The van der Waals surface area contributed by atoms with Crippen LogP contribution in [0.25, 0.3) is 0 Å². The van der Waals surface area contributed by atoms with E-state index in [0.29, 0.717) is 44.3 Å². The number of rotatable bonds is 13. The van der Waals surface area contributed by atoms with Crippen LogP contribution in [0.15, 0.2) is 69.4 Å². The molecule has 0 saturated heterocycles. The Labute approximate surface area is 284 Å². The second kappa shape index (κ2) is 15.4. The van der Waals surface area contributed by atoms with E-state index >= 15 is 0 Å². The van der Waals surface area contributed by atoms with E-state index in [1.165, 1.54) is 20.4 Å². The predicted octanol–water partition coefficient (Wildman–Crippen LogP) is 4.49. The Bertz CT molecular complexity index is 1780. The number of nitrogens with zero attached hydrogens (tertiary/aromatic N) is 1. The number of ether oxygens (including phenoxy) is 7. The molecule has 2 aliphatic rings. The smallest absolute Gasteiger partial charge is 0.338 e. The van der Waals surface area contributed by atoms with Crippen molar-refractivity contribution in [2.24, 2.45) is 5.10 Å². The van der Waals surface area contributed by atoms with Crippen LogP contribution in [0.3, 0.4) is 0 Å². The Balaban J connectivity index is 1.18. The van der Waals surface area contributed by atoms with Crippen molar-refractivity contribution >= 4 is 40.1 Å². The van der Waals surface area contributed by atoms with E-state index < -0.39 is 23.9 Å². The van der Waals surface area contributed by atoms with Crippen LogP contribution in [0.4, 0.5) is 4.79 Å². The zero-order valence-corrected chi connectivity index (χ0v) is 28.1. The van der Waals surface area contributed by atoms with E-state index in [4.69, 9.17) is 33.2 Å². The third kappa shape index (κ3) is 7.91. The summed E-state index contributed by atoms with van der Waals surface area (Å²) in [7, 11) is 2.96. The molecule has 0 bridgehead atoms. The summed E-state index contributed by atoms with van der Waals surface area (Å²) in [5.41, 5.74) is 5.14. The molecule has 48 heavy (non-hydrogen) atoms. The van der Waals surface area contributed by atoms with Crippen molar-refractivity contribution in [3.05, 3.63) is 81.0 Å². The maximum atomic E-state index is 12.6. The highest BCUT2D eigenvalue weighted by molar-refractivity contribution is 9.10. The first kappa shape index (κ1) is 33.9. The number of esters is 1. The SMILES string of the molecule is CCOC(=O)C1=C(C)NC(=O)N[C@H]1c1ccc(OCC(=O)N/N=C\c2cc(OC)c(OCc3ccc4c(c3)OCO4)cc2Br)c(OC)c1. The van der Waals surface area contributed by atoms with Crippen LogP contribution in [-0.4, -0.2) is 58.3 Å². The van der Waals surface area contributed by atoms with Gasteiger partial charge in [0.2, 0.25) is 6.79 Å². The largest absolute Gasteiger partial charge is 0.493 e. The summed E-state index contributed by atoms with van der Waals surface area (Å²) < 4.78 is 39.2. The van der Waals surface area contributed by atoms with Gasteiger partial charge in [-0.1, -0.05) is 12.1 Å². The van der Waals surface area contributed by atoms with Gasteiger partial charge in [0.1, 0.15) is 6.61 Å². The van der Waals surface area contributed by atoms with Gasteiger partial charge in [0.15, 0.2) is 41.1 Å². The van der Waals surface area contributed by atoms with Gasteiger partial charge in [0.05, 0.1) is 38.7 Å². The fourth-order valence-corrected chi connectivity index (χ4v) is 5.29. The molecule has 0 spiro atoms. The van der Waals surface area contributed by atoms with Crippen molar-refractivity contribution in [1.82, 2.24) is 16.1 Å². The minimum Gasteiger partial charge on any atom is -0.493 e. The number of hydrogen-bond donors (Lipinski definition) is 3. The van der Waals surface area contributed by atoms with Crippen LogP contribution in [0.1, 0.15) is 36.6 Å². The second-order valence-corrected chi connectivity index (χ2v) is 11.1. The molecule has 0 saturated carbocycles. The van der Waals surface area contributed by atoms with E-state index in [2.05, 4.69) is 37.1 Å². The van der Waals surface area contributed by atoms with Crippen LogP contribution in [0, 0.1) is 0 Å². The molecule has 2 aliphatic heterocycles. The van der Waals surface area contributed by atoms with Crippen molar-refractivity contribution in [2.75, 3.05) is 34.2 Å². The standard InChI is InChI=1S/C33H33BrN4O10/c1-5-44-32(40)30-18(2)36-33(41)37-31(30)20-7-9-23(25(11-20)42-3)46-16-29(39)38-35-14-21-12-26(43-4)28(13-22(21)34)45-15-19-6-8-24-27(10-19)48-17-47-24/h6-14,31H,5,15-17H2,1-4H3,(H,38,39)(H2,36,37,41)/b35-14-/t31-/m0/s1. The predicted molar refractivity (Wildman–Crippen MR) is 176 cm³/mol. The Morgan fingerprint density at radius 3 is 2.54 bits per heavy atom. The first-order valence-electron chi connectivity index (χ1n) is 14.7. The maximum Gasteiger partial charge on any atom is 0.338 e. The highest BCUT2D eigenvalue weighted by atomic mass is 79.9. The number of halogens is 1. The third-order valence-corrected chi connectivity index (χ3v) is 7.84. The van der Waals surface area contributed by atoms with E-state index in [0.717, 1.165) is 5.56 Å². The lowest BCUT2D eigenvalue weighted by molar-refractivity contribution is -0.139. The number of benzene rings is 3. The van der Waals surface area contributed by atoms with E-state index in [1.54, 1.807) is 44.2 Å². The Morgan fingerprint density at radius 2 is 1.77 bits per heavy atom. The van der Waals surface area contributed by atoms with E-state index in [9.17, 15) is 14.4 Å². The second-order valence-electron chi connectivity index (χ2n) is 10.3. The van der Waals surface area contributed by atoms with Crippen molar-refractivity contribution in [3.63, 3.8) is 0 Å². The first-order valence-corrected chi connectivity index (χ1v) is 15.5. The quantitative estimate of drug-likeness (QED) is 0.130. The van der Waals surface area contributed by atoms with Gasteiger partial charge in [-0.05, 0) is 77.3 Å². The Hall–Kier alpha value is -5.44. The lowest BCUT2D eigenvalue weighted by Crippen LogP contribution is -2.45. The van der Waals surface area contributed by atoms with Crippen LogP contribution in [0.5, 0.6) is 34.5 Å². The van der Waals surface area contributed by atoms with E-state index in [-0.39, 0.29) is 43.7 Å². The van der Waals surface area contributed by atoms with Gasteiger partial charge in [0.25, 0.3) is 5.91 Å². The molecule has 1 atom stereocenters. The minimum atomic E-state index is -0.785. The lowest BCUT2D eigenvalue weighted by Gasteiger charge is -2.28. The van der Waals surface area contributed by atoms with Crippen LogP contribution >= 0.6 is 15.9 Å². The Kier molecular flexibility index (Phi) is 10.9. The molecular weight excluding hydrogens is 692 g/mol. The average Bonchev–Trinajstić information content (AvgIpc) is 3.55. The molecule has 0 aliphatic carbocycles. The zero-order chi connectivity index (χ0) is 34.2. The zero-order valence-electron chi connectivity index (χ0n) is 26.5. The number of methoxy groups -OCH3 is 2. The fourth-order valence-electron chi connectivity index (χ4n) is 4.87. The van der Waals surface area contributed by atoms with Crippen LogP contribution in [-0.2, 0) is 20.9 Å². The monoisotopic (exact) mass is 724 g/mol. The normalized spacial score (nSPS) is 15.0. The number of hydrogen-bond acceptors (Lipinski definition) is 11. The molecule has 5 rings (SSSR count). The lowest BCUT2D eigenvalue weighted by atomic mass is 9.95. The number of nitrogens with one attached hydrogen (secondary N) is 3. The van der Waals surface area contributed by atoms with Crippen molar-refractivity contribution in [1.29, 1.82) is 0 Å². The van der Waals surface area contributed by atoms with E-state index in [1.807, 2.05) is 18.2 Å². The number of carbonyl (C=O) groups excluding carboxylic acids is 3. The highest BCUT2D eigenvalue weighted by Crippen LogP contribution is 2.37. The molecule has 3 N–H and O–H groups in total. The van der Waals surface area contributed by atoms with Crippen molar-refractivity contribution in [2.45, 2.75) is 26.5 Å². The molecule has 14 nitrogen and oxygen atoms in total. The summed E-state index contributed by atoms with van der Waals surface area (Å²) in [6.07, 6.45) is 1.45. The Morgan fingerprint density at radius 1 is 1.00 bits per heavy atom. The summed E-state index contributed by atoms with van der Waals surface area (Å²) >= 11 is 3.51. The summed E-state index contributed by atoms with van der Waals surface area (Å²) in [5, 5.41) is 9.36. The highest BCUT2D eigenvalue weighted by Gasteiger charge is 2.32. The average molecular weight is 726 g/mol. The van der Waals surface area contributed by atoms with Gasteiger partial charge in [-0.15, -0.1) is 0 Å². The minimum absolute atomic E-state index is 0.176. The van der Waals surface area contributed by atoms with Crippen LogP contribution in [0.2, 0.25) is 0 Å². The molecule has 3 amide bonds. The number of allylic oxidation sites excluding steroid dienone is 1. The summed E-state index contributed by atoms with van der Waals surface area (Å²) in [5.74, 6) is 1.80. The first-order chi connectivity index (χ1) is 23.2. The molecule has 252 valence electrons. The number of urea groups is 1. The van der Waals surface area contributed by atoms with Crippen molar-refractivity contribution < 1.29 is 47.5 Å². The summed E-state index contributed by atoms with van der Waals surface area (Å²) in [6, 6.07) is 12.6. The van der Waals surface area contributed by atoms with Crippen molar-refractivity contribution in [3.8, 4) is 34.5 Å². The van der Waals surface area contributed by atoms with Gasteiger partial charge < -0.3 is 43.8 Å². The van der Waals surface area contributed by atoms with Gasteiger partial charge in [-0.2, -0.15) is 5.10 Å². The number of fused-ring (bicyclic) bond motifs is 1. The number of amides is 3. The third-order valence-electron chi connectivity index (χ3n) is 7.15. The molecule has 15 heteroatoms. The fraction of sp³-hybridized carbons (Fsp3) is 0.273. The maximum absolute atomic E-state index is 12.6. The molecular formula is C33H33BrN4O10. The molecule has 0 radical (unpaired) electrons. The number of carbonyl (C=O) groups is 3. The summed E-state index contributed by atoms with van der Waals surface area (Å²) in [6.45, 7) is 3.59. The van der Waals surface area contributed by atoms with Gasteiger partial charge in [0, 0.05) is 15.7 Å². The molecule has 0 fully saturated rings. The molecule has 0 unspecified atom stereocenters. The van der Waals surface area contributed by atoms with Gasteiger partial charge >= 0.3 is 12.0 Å².